The third kappa shape index (κ3) is 4.72. The Bertz CT molecular complexity index is 901. The summed E-state index contributed by atoms with van der Waals surface area (Å²) in [6, 6.07) is 15.2. The smallest absolute Gasteiger partial charge is 0.266 e. The highest BCUT2D eigenvalue weighted by molar-refractivity contribution is 8.26. The summed E-state index contributed by atoms with van der Waals surface area (Å²) >= 11 is 12.7. The van der Waals surface area contributed by atoms with Gasteiger partial charge in [-0.2, -0.15) is 0 Å². The lowest BCUT2D eigenvalue weighted by molar-refractivity contribution is -0.125. The number of nitrogens with zero attached hydrogens (tertiary/aromatic N) is 1. The number of carbonyl (C=O) groups excluding carboxylic acids is 1. The van der Waals surface area contributed by atoms with Crippen LogP contribution in [0.4, 0.5) is 0 Å². The molecule has 140 valence electrons. The van der Waals surface area contributed by atoms with Crippen LogP contribution in [0.15, 0.2) is 53.4 Å². The molecule has 1 heterocycles. The Hall–Kier alpha value is -1.82. The molecule has 1 aliphatic heterocycles. The number of benzene rings is 2. The van der Waals surface area contributed by atoms with Crippen LogP contribution < -0.4 is 4.74 Å². The average Bonchev–Trinajstić information content (AvgIpc) is 2.89. The van der Waals surface area contributed by atoms with Crippen LogP contribution in [0.25, 0.3) is 6.08 Å². The van der Waals surface area contributed by atoms with E-state index in [-0.39, 0.29) is 11.4 Å². The van der Waals surface area contributed by atoms with E-state index in [1.807, 2.05) is 75.4 Å². The highest BCUT2D eigenvalue weighted by atomic mass is 35.5. The van der Waals surface area contributed by atoms with E-state index in [0.717, 1.165) is 11.1 Å². The van der Waals surface area contributed by atoms with E-state index in [9.17, 15) is 4.79 Å². The summed E-state index contributed by atoms with van der Waals surface area (Å²) in [6.07, 6.45) is 1.85. The number of amides is 1. The maximum absolute atomic E-state index is 12.8. The Labute approximate surface area is 174 Å². The van der Waals surface area contributed by atoms with Crippen LogP contribution in [0, 0.1) is 0 Å². The topological polar surface area (TPSA) is 29.5 Å². The van der Waals surface area contributed by atoms with E-state index in [2.05, 4.69) is 0 Å². The van der Waals surface area contributed by atoms with Crippen molar-refractivity contribution >= 4 is 51.9 Å². The van der Waals surface area contributed by atoms with E-state index in [1.54, 1.807) is 4.90 Å². The van der Waals surface area contributed by atoms with E-state index < -0.39 is 0 Å². The lowest BCUT2D eigenvalue weighted by Crippen LogP contribution is -2.44. The van der Waals surface area contributed by atoms with Gasteiger partial charge in [-0.3, -0.25) is 9.69 Å². The highest BCUT2D eigenvalue weighted by Crippen LogP contribution is 2.37. The van der Waals surface area contributed by atoms with E-state index in [0.29, 0.717) is 26.6 Å². The van der Waals surface area contributed by atoms with Crippen molar-refractivity contribution in [2.45, 2.75) is 32.9 Å². The number of thioether (sulfide) groups is 1. The van der Waals surface area contributed by atoms with Crippen LogP contribution >= 0.6 is 35.6 Å². The molecule has 0 atom stereocenters. The molecular formula is C21H20ClNO2S2. The Morgan fingerprint density at radius 3 is 2.44 bits per heavy atom. The van der Waals surface area contributed by atoms with Crippen molar-refractivity contribution in [3.8, 4) is 5.75 Å². The van der Waals surface area contributed by atoms with Crippen LogP contribution in [-0.2, 0) is 11.4 Å². The number of ether oxygens (including phenoxy) is 1. The van der Waals surface area contributed by atoms with Crippen LogP contribution in [0.5, 0.6) is 5.75 Å². The maximum atomic E-state index is 12.8. The molecule has 0 radical (unpaired) electrons. The monoisotopic (exact) mass is 417 g/mol. The zero-order valence-electron chi connectivity index (χ0n) is 15.4. The predicted octanol–water partition coefficient (Wildman–Crippen LogP) is 5.92. The molecule has 6 heteroatoms. The van der Waals surface area contributed by atoms with Crippen molar-refractivity contribution in [3.63, 3.8) is 0 Å². The van der Waals surface area contributed by atoms with Crippen molar-refractivity contribution < 1.29 is 9.53 Å². The molecule has 0 aliphatic carbocycles. The first kappa shape index (κ1) is 19.9. The Morgan fingerprint density at radius 1 is 1.15 bits per heavy atom. The number of rotatable bonds is 4. The van der Waals surface area contributed by atoms with Gasteiger partial charge in [0, 0.05) is 16.1 Å². The summed E-state index contributed by atoms with van der Waals surface area (Å²) in [6.45, 7) is 6.35. The average molecular weight is 418 g/mol. The van der Waals surface area contributed by atoms with Gasteiger partial charge in [0.25, 0.3) is 5.91 Å². The lowest BCUT2D eigenvalue weighted by Gasteiger charge is -2.30. The molecule has 0 saturated carbocycles. The molecule has 0 spiro atoms. The molecule has 1 amide bonds. The Kier molecular flexibility index (Phi) is 5.94. The molecule has 0 aromatic heterocycles. The fraction of sp³-hybridized carbons (Fsp3) is 0.238. The fourth-order valence-electron chi connectivity index (χ4n) is 2.66. The third-order valence-electron chi connectivity index (χ3n) is 3.98. The predicted molar refractivity (Wildman–Crippen MR) is 117 cm³/mol. The standard InChI is InChI=1S/C21H20ClNO2S2/c1-21(2,3)23-19(24)18(27-20(23)26)12-15-6-4-5-7-17(15)25-13-14-8-10-16(22)11-9-14/h4-12H,13H2,1-3H3/b18-12-. The summed E-state index contributed by atoms with van der Waals surface area (Å²) in [7, 11) is 0. The molecule has 2 aromatic carbocycles. The van der Waals surface area contributed by atoms with Crippen molar-refractivity contribution in [1.29, 1.82) is 0 Å². The summed E-state index contributed by atoms with van der Waals surface area (Å²) in [4.78, 5) is 15.1. The fourth-order valence-corrected chi connectivity index (χ4v) is 4.41. The van der Waals surface area contributed by atoms with Gasteiger partial charge in [0.1, 0.15) is 16.7 Å². The number of thiocarbonyl (C=S) groups is 1. The van der Waals surface area contributed by atoms with Gasteiger partial charge >= 0.3 is 0 Å². The highest BCUT2D eigenvalue weighted by Gasteiger charge is 2.39. The zero-order chi connectivity index (χ0) is 19.6. The van der Waals surface area contributed by atoms with E-state index in [1.165, 1.54) is 11.8 Å². The number of para-hydroxylation sites is 1. The summed E-state index contributed by atoms with van der Waals surface area (Å²) in [5, 5.41) is 0.694. The lowest BCUT2D eigenvalue weighted by atomic mass is 10.1. The zero-order valence-corrected chi connectivity index (χ0v) is 17.8. The van der Waals surface area contributed by atoms with Gasteiger partial charge in [-0.25, -0.2) is 0 Å². The molecule has 1 aliphatic rings. The first-order valence-corrected chi connectivity index (χ1v) is 10.1. The Morgan fingerprint density at radius 2 is 1.81 bits per heavy atom. The van der Waals surface area contributed by atoms with Gasteiger partial charge in [0.2, 0.25) is 0 Å². The Balaban J connectivity index is 1.82. The van der Waals surface area contributed by atoms with Crippen molar-refractivity contribution in [2.75, 3.05) is 0 Å². The van der Waals surface area contributed by atoms with Crippen molar-refractivity contribution in [2.24, 2.45) is 0 Å². The van der Waals surface area contributed by atoms with Gasteiger partial charge in [-0.1, -0.05) is 65.9 Å². The van der Waals surface area contributed by atoms with Crippen molar-refractivity contribution in [3.05, 3.63) is 69.6 Å². The molecule has 2 aromatic rings. The second-order valence-corrected chi connectivity index (χ2v) is 9.25. The molecule has 1 saturated heterocycles. The SMILES string of the molecule is CC(C)(C)N1C(=O)/C(=C/c2ccccc2OCc2ccc(Cl)cc2)SC1=S. The van der Waals surface area contributed by atoms with Crippen LogP contribution in [0.3, 0.4) is 0 Å². The van der Waals surface area contributed by atoms with Crippen molar-refractivity contribution in [1.82, 2.24) is 4.90 Å². The van der Waals surface area contributed by atoms with Gasteiger partial charge in [0.15, 0.2) is 0 Å². The molecule has 0 N–H and O–H groups in total. The first-order valence-electron chi connectivity index (χ1n) is 8.50. The number of hydrogen-bond acceptors (Lipinski definition) is 4. The number of halogens is 1. The van der Waals surface area contributed by atoms with E-state index >= 15 is 0 Å². The summed E-state index contributed by atoms with van der Waals surface area (Å²) in [5.74, 6) is 0.651. The molecule has 0 bridgehead atoms. The van der Waals surface area contributed by atoms with Gasteiger partial charge in [-0.05, 0) is 50.6 Å². The minimum atomic E-state index is -0.346. The summed E-state index contributed by atoms with van der Waals surface area (Å²) < 4.78 is 6.56. The van der Waals surface area contributed by atoms with Gasteiger partial charge in [-0.15, -0.1) is 0 Å². The molecule has 27 heavy (non-hydrogen) atoms. The molecule has 0 unspecified atom stereocenters. The number of carbonyl (C=O) groups is 1. The first-order chi connectivity index (χ1) is 12.8. The second-order valence-electron chi connectivity index (χ2n) is 7.14. The quantitative estimate of drug-likeness (QED) is 0.456. The van der Waals surface area contributed by atoms with E-state index in [4.69, 9.17) is 28.6 Å². The minimum Gasteiger partial charge on any atom is -0.488 e. The second kappa shape index (κ2) is 8.05. The maximum Gasteiger partial charge on any atom is 0.266 e. The molecule has 3 nitrogen and oxygen atoms in total. The normalized spacial score (nSPS) is 16.3. The molecule has 1 fully saturated rings. The van der Waals surface area contributed by atoms with Crippen LogP contribution in [0.1, 0.15) is 31.9 Å². The molecular weight excluding hydrogens is 398 g/mol. The number of hydrogen-bond donors (Lipinski definition) is 0. The largest absolute Gasteiger partial charge is 0.488 e. The van der Waals surface area contributed by atoms with Gasteiger partial charge in [0.05, 0.1) is 4.91 Å². The molecule has 3 rings (SSSR count). The third-order valence-corrected chi connectivity index (χ3v) is 5.53. The summed E-state index contributed by atoms with van der Waals surface area (Å²) in [5.41, 5.74) is 1.52. The minimum absolute atomic E-state index is 0.0648. The van der Waals surface area contributed by atoms with Crippen LogP contribution in [0.2, 0.25) is 5.02 Å². The van der Waals surface area contributed by atoms with Crippen LogP contribution in [-0.4, -0.2) is 20.7 Å². The van der Waals surface area contributed by atoms with Gasteiger partial charge < -0.3 is 4.74 Å².